The van der Waals surface area contributed by atoms with Crippen LogP contribution in [0.2, 0.25) is 0 Å². The molecule has 21 heavy (non-hydrogen) atoms. The third-order valence-corrected chi connectivity index (χ3v) is 4.33. The molecule has 3 unspecified atom stereocenters. The number of hydrogen-bond donors (Lipinski definition) is 2. The number of benzene rings is 1. The average Bonchev–Trinajstić information content (AvgIpc) is 2.77. The van der Waals surface area contributed by atoms with Crippen molar-refractivity contribution in [2.24, 2.45) is 17.6 Å². The number of nitrogens with two attached hydrogens (primary N) is 1. The summed E-state index contributed by atoms with van der Waals surface area (Å²) in [7, 11) is 0. The highest BCUT2D eigenvalue weighted by atomic mass is 19.1. The standard InChI is InChI=1S/C17H21FN2O/c1-11-5-8-16(12(11)2)20-17(21)15-7-6-14(18)10-13(15)4-3-9-19/h6-7,10-12,16H,5,8-9,19H2,1-2H3,(H,20,21). The Morgan fingerprint density at radius 1 is 1.43 bits per heavy atom. The van der Waals surface area contributed by atoms with Crippen LogP contribution in [0.4, 0.5) is 4.39 Å². The van der Waals surface area contributed by atoms with Crippen LogP contribution in [0.1, 0.15) is 42.6 Å². The second-order valence-corrected chi connectivity index (χ2v) is 5.69. The molecule has 0 radical (unpaired) electrons. The maximum atomic E-state index is 13.3. The SMILES string of the molecule is CC1CCC(NC(=O)c2ccc(F)cc2C#CCN)C1C. The van der Waals surface area contributed by atoms with Crippen LogP contribution >= 0.6 is 0 Å². The first-order chi connectivity index (χ1) is 10.0. The van der Waals surface area contributed by atoms with E-state index in [-0.39, 0.29) is 18.5 Å². The minimum atomic E-state index is -0.407. The van der Waals surface area contributed by atoms with Crippen molar-refractivity contribution >= 4 is 5.91 Å². The van der Waals surface area contributed by atoms with Crippen LogP contribution in [0.5, 0.6) is 0 Å². The molecule has 1 aromatic rings. The lowest BCUT2D eigenvalue weighted by Crippen LogP contribution is -2.37. The smallest absolute Gasteiger partial charge is 0.252 e. The first-order valence-electron chi connectivity index (χ1n) is 7.32. The van der Waals surface area contributed by atoms with Gasteiger partial charge in [0.05, 0.1) is 12.1 Å². The van der Waals surface area contributed by atoms with E-state index >= 15 is 0 Å². The Bertz CT molecular complexity index is 588. The summed E-state index contributed by atoms with van der Waals surface area (Å²) in [6.45, 7) is 4.53. The molecule has 0 bridgehead atoms. The van der Waals surface area contributed by atoms with E-state index in [2.05, 4.69) is 31.0 Å². The summed E-state index contributed by atoms with van der Waals surface area (Å²) in [5, 5.41) is 3.05. The van der Waals surface area contributed by atoms with E-state index in [9.17, 15) is 9.18 Å². The zero-order valence-corrected chi connectivity index (χ0v) is 12.4. The lowest BCUT2D eigenvalue weighted by atomic mass is 9.97. The van der Waals surface area contributed by atoms with Gasteiger partial charge in [0.1, 0.15) is 5.82 Å². The molecule has 1 aromatic carbocycles. The maximum Gasteiger partial charge on any atom is 0.252 e. The molecule has 112 valence electrons. The number of hydrogen-bond acceptors (Lipinski definition) is 2. The van der Waals surface area contributed by atoms with E-state index in [1.165, 1.54) is 18.2 Å². The molecule has 1 amide bonds. The Labute approximate surface area is 125 Å². The Morgan fingerprint density at radius 2 is 2.19 bits per heavy atom. The van der Waals surface area contributed by atoms with Crippen molar-refractivity contribution in [1.29, 1.82) is 0 Å². The second kappa shape index (κ2) is 6.73. The number of halogens is 1. The predicted molar refractivity (Wildman–Crippen MR) is 81.1 cm³/mol. The molecular weight excluding hydrogens is 267 g/mol. The Hall–Kier alpha value is -1.86. The summed E-state index contributed by atoms with van der Waals surface area (Å²) in [6, 6.07) is 4.21. The highest BCUT2D eigenvalue weighted by Crippen LogP contribution is 2.31. The Kier molecular flexibility index (Phi) is 4.98. The Balaban J connectivity index is 2.19. The molecule has 1 fully saturated rings. The molecule has 4 heteroatoms. The van der Waals surface area contributed by atoms with Crippen LogP contribution in [0.15, 0.2) is 18.2 Å². The quantitative estimate of drug-likeness (QED) is 0.820. The van der Waals surface area contributed by atoms with Gasteiger partial charge in [-0.15, -0.1) is 0 Å². The van der Waals surface area contributed by atoms with Crippen molar-refractivity contribution in [2.45, 2.75) is 32.7 Å². The van der Waals surface area contributed by atoms with Gasteiger partial charge >= 0.3 is 0 Å². The second-order valence-electron chi connectivity index (χ2n) is 5.69. The molecule has 0 saturated heterocycles. The summed E-state index contributed by atoms with van der Waals surface area (Å²) in [5.74, 6) is 5.90. The predicted octanol–water partition coefficient (Wildman–Crippen LogP) is 2.30. The molecule has 2 rings (SSSR count). The third-order valence-electron chi connectivity index (χ3n) is 4.33. The van der Waals surface area contributed by atoms with Crippen molar-refractivity contribution in [2.75, 3.05) is 6.54 Å². The van der Waals surface area contributed by atoms with E-state index < -0.39 is 5.82 Å². The fourth-order valence-corrected chi connectivity index (χ4v) is 2.78. The monoisotopic (exact) mass is 288 g/mol. The van der Waals surface area contributed by atoms with Crippen LogP contribution in [0.3, 0.4) is 0 Å². The van der Waals surface area contributed by atoms with Crippen LogP contribution in [0, 0.1) is 29.5 Å². The molecule has 1 saturated carbocycles. The number of rotatable bonds is 2. The minimum absolute atomic E-state index is 0.174. The molecular formula is C17H21FN2O. The topological polar surface area (TPSA) is 55.1 Å². The summed E-state index contributed by atoms with van der Waals surface area (Å²) >= 11 is 0. The van der Waals surface area contributed by atoms with Gasteiger partial charge in [0, 0.05) is 11.6 Å². The van der Waals surface area contributed by atoms with Crippen molar-refractivity contribution in [3.05, 3.63) is 35.1 Å². The van der Waals surface area contributed by atoms with Crippen molar-refractivity contribution in [3.8, 4) is 11.8 Å². The largest absolute Gasteiger partial charge is 0.349 e. The number of nitrogens with one attached hydrogen (secondary N) is 1. The lowest BCUT2D eigenvalue weighted by Gasteiger charge is -2.20. The maximum absolute atomic E-state index is 13.3. The number of amides is 1. The van der Waals surface area contributed by atoms with Gasteiger partial charge in [-0.2, -0.15) is 0 Å². The third kappa shape index (κ3) is 3.62. The molecule has 1 aliphatic carbocycles. The fourth-order valence-electron chi connectivity index (χ4n) is 2.78. The van der Waals surface area contributed by atoms with Crippen molar-refractivity contribution in [3.63, 3.8) is 0 Å². The van der Waals surface area contributed by atoms with Crippen LogP contribution in [0.25, 0.3) is 0 Å². The fraction of sp³-hybridized carbons (Fsp3) is 0.471. The molecule has 3 N–H and O–H groups in total. The zero-order chi connectivity index (χ0) is 15.4. The number of carbonyl (C=O) groups excluding carboxylic acids is 1. The summed E-state index contributed by atoms with van der Waals surface area (Å²) in [5.41, 5.74) is 6.13. The molecule has 0 spiro atoms. The minimum Gasteiger partial charge on any atom is -0.349 e. The molecule has 1 aliphatic rings. The van der Waals surface area contributed by atoms with Crippen LogP contribution < -0.4 is 11.1 Å². The average molecular weight is 288 g/mol. The molecule has 3 atom stereocenters. The first kappa shape index (κ1) is 15.5. The Morgan fingerprint density at radius 3 is 2.81 bits per heavy atom. The normalized spacial score (nSPS) is 24.3. The highest BCUT2D eigenvalue weighted by Gasteiger charge is 2.31. The molecule has 0 aliphatic heterocycles. The molecule has 3 nitrogen and oxygen atoms in total. The van der Waals surface area contributed by atoms with Gasteiger partial charge in [-0.3, -0.25) is 4.79 Å². The van der Waals surface area contributed by atoms with Gasteiger partial charge in [-0.1, -0.05) is 25.7 Å². The van der Waals surface area contributed by atoms with Gasteiger partial charge in [0.2, 0.25) is 0 Å². The van der Waals surface area contributed by atoms with Crippen molar-refractivity contribution in [1.82, 2.24) is 5.32 Å². The number of carbonyl (C=O) groups is 1. The first-order valence-corrected chi connectivity index (χ1v) is 7.32. The van der Waals surface area contributed by atoms with E-state index in [4.69, 9.17) is 5.73 Å². The molecule has 0 heterocycles. The highest BCUT2D eigenvalue weighted by molar-refractivity contribution is 5.97. The van der Waals surface area contributed by atoms with Crippen LogP contribution in [-0.2, 0) is 0 Å². The van der Waals surface area contributed by atoms with E-state index in [1.54, 1.807) is 0 Å². The van der Waals surface area contributed by atoms with E-state index in [0.29, 0.717) is 23.0 Å². The van der Waals surface area contributed by atoms with Crippen molar-refractivity contribution < 1.29 is 9.18 Å². The summed E-state index contributed by atoms with van der Waals surface area (Å²) in [4.78, 5) is 12.4. The van der Waals surface area contributed by atoms with Crippen LogP contribution in [-0.4, -0.2) is 18.5 Å². The lowest BCUT2D eigenvalue weighted by molar-refractivity contribution is 0.0927. The van der Waals surface area contributed by atoms with E-state index in [0.717, 1.165) is 12.8 Å². The summed E-state index contributed by atoms with van der Waals surface area (Å²) < 4.78 is 13.3. The molecule has 0 aromatic heterocycles. The van der Waals surface area contributed by atoms with Gasteiger partial charge in [0.25, 0.3) is 5.91 Å². The van der Waals surface area contributed by atoms with Gasteiger partial charge in [-0.25, -0.2) is 4.39 Å². The summed E-state index contributed by atoms with van der Waals surface area (Å²) in [6.07, 6.45) is 2.11. The van der Waals surface area contributed by atoms with Gasteiger partial charge < -0.3 is 11.1 Å². The van der Waals surface area contributed by atoms with E-state index in [1.807, 2.05) is 0 Å². The zero-order valence-electron chi connectivity index (χ0n) is 12.4. The van der Waals surface area contributed by atoms with Gasteiger partial charge in [-0.05, 0) is 42.9 Å². The van der Waals surface area contributed by atoms with Gasteiger partial charge in [0.15, 0.2) is 0 Å².